The normalized spacial score (nSPS) is 12.7. The van der Waals surface area contributed by atoms with Crippen LogP contribution in [0.3, 0.4) is 0 Å². The van der Waals surface area contributed by atoms with Gasteiger partial charge in [-0.2, -0.15) is 5.10 Å². The molecule has 10 heteroatoms. The number of methoxy groups -OCH3 is 1. The largest absolute Gasteiger partial charge is 0.497 e. The molecule has 0 unspecified atom stereocenters. The SMILES string of the molecule is COc1ccc(/C=C(/C(=N\OC(=O)c2snnc2C)C(C)(C)C)n2cncn2)cc1. The molecule has 156 valence electrons. The number of hydrogen-bond donors (Lipinski definition) is 0. The van der Waals surface area contributed by atoms with E-state index < -0.39 is 11.4 Å². The molecule has 0 atom stereocenters. The molecule has 0 aliphatic rings. The third-order valence-electron chi connectivity index (χ3n) is 4.09. The molecule has 0 spiro atoms. The van der Waals surface area contributed by atoms with Crippen LogP contribution in [-0.4, -0.2) is 43.1 Å². The van der Waals surface area contributed by atoms with Gasteiger partial charge in [-0.3, -0.25) is 0 Å². The van der Waals surface area contributed by atoms with E-state index in [1.807, 2.05) is 51.1 Å². The highest BCUT2D eigenvalue weighted by Crippen LogP contribution is 2.27. The van der Waals surface area contributed by atoms with Gasteiger partial charge in [0, 0.05) is 5.41 Å². The van der Waals surface area contributed by atoms with Crippen molar-refractivity contribution in [3.63, 3.8) is 0 Å². The molecule has 0 fully saturated rings. The summed E-state index contributed by atoms with van der Waals surface area (Å²) >= 11 is 0.970. The Balaban J connectivity index is 2.03. The summed E-state index contributed by atoms with van der Waals surface area (Å²) in [5.74, 6) is 0.147. The van der Waals surface area contributed by atoms with Gasteiger partial charge in [-0.15, -0.1) is 5.10 Å². The summed E-state index contributed by atoms with van der Waals surface area (Å²) < 4.78 is 10.6. The molecule has 30 heavy (non-hydrogen) atoms. The van der Waals surface area contributed by atoms with Crippen LogP contribution in [0.4, 0.5) is 0 Å². The van der Waals surface area contributed by atoms with Gasteiger partial charge in [-0.05, 0) is 42.2 Å². The molecule has 0 amide bonds. The third-order valence-corrected chi connectivity index (χ3v) is 4.90. The van der Waals surface area contributed by atoms with Crippen LogP contribution in [0.25, 0.3) is 11.8 Å². The summed E-state index contributed by atoms with van der Waals surface area (Å²) in [4.78, 5) is 22.0. The average Bonchev–Trinajstić information content (AvgIpc) is 3.38. The zero-order valence-electron chi connectivity index (χ0n) is 17.4. The van der Waals surface area contributed by atoms with Crippen LogP contribution < -0.4 is 4.74 Å². The first kappa shape index (κ1) is 21.3. The minimum absolute atomic E-state index is 0.313. The van der Waals surface area contributed by atoms with Crippen molar-refractivity contribution in [1.29, 1.82) is 0 Å². The van der Waals surface area contributed by atoms with E-state index in [0.29, 0.717) is 22.0 Å². The van der Waals surface area contributed by atoms with Gasteiger partial charge < -0.3 is 9.57 Å². The number of ether oxygens (including phenoxy) is 1. The number of nitrogens with zero attached hydrogens (tertiary/aromatic N) is 6. The predicted octanol–water partition coefficient (Wildman–Crippen LogP) is 3.70. The summed E-state index contributed by atoms with van der Waals surface area (Å²) in [6, 6.07) is 7.54. The zero-order chi connectivity index (χ0) is 21.7. The number of allylic oxidation sites excluding steroid dienone is 1. The molecule has 0 aliphatic carbocycles. The lowest BCUT2D eigenvalue weighted by atomic mass is 9.87. The fourth-order valence-corrected chi connectivity index (χ4v) is 3.08. The number of aromatic nitrogens is 5. The molecular formula is C20H22N6O3S. The number of carbonyl (C=O) groups excluding carboxylic acids is 1. The summed E-state index contributed by atoms with van der Waals surface area (Å²) in [5, 5.41) is 12.3. The van der Waals surface area contributed by atoms with Crippen LogP contribution in [0.2, 0.25) is 0 Å². The standard InChI is InChI=1S/C20H22N6O3S/c1-13-17(30-25-23-13)19(27)29-24-18(20(2,3)4)16(26-12-21-11-22-26)10-14-6-8-15(28-5)9-7-14/h6-12H,1-5H3/b16-10-,24-18+. The number of rotatable bonds is 6. The van der Waals surface area contributed by atoms with Crippen molar-refractivity contribution in [2.24, 2.45) is 10.6 Å². The Morgan fingerprint density at radius 1 is 1.23 bits per heavy atom. The van der Waals surface area contributed by atoms with Crippen LogP contribution in [0.15, 0.2) is 42.1 Å². The number of oxime groups is 1. The molecular weight excluding hydrogens is 404 g/mol. The topological polar surface area (TPSA) is 104 Å². The molecule has 1 aromatic carbocycles. The van der Waals surface area contributed by atoms with Gasteiger partial charge in [-0.25, -0.2) is 14.5 Å². The highest BCUT2D eigenvalue weighted by atomic mass is 32.1. The smallest absolute Gasteiger partial charge is 0.379 e. The average molecular weight is 427 g/mol. The molecule has 0 N–H and O–H groups in total. The molecule has 3 rings (SSSR count). The van der Waals surface area contributed by atoms with Crippen molar-refractivity contribution >= 4 is 35.0 Å². The Labute approximate surface area is 178 Å². The molecule has 2 heterocycles. The van der Waals surface area contributed by atoms with E-state index in [-0.39, 0.29) is 0 Å². The molecule has 0 aliphatic heterocycles. The van der Waals surface area contributed by atoms with E-state index in [2.05, 4.69) is 24.8 Å². The van der Waals surface area contributed by atoms with Crippen molar-refractivity contribution in [2.75, 3.05) is 7.11 Å². The zero-order valence-corrected chi connectivity index (χ0v) is 18.2. The highest BCUT2D eigenvalue weighted by Gasteiger charge is 2.27. The Morgan fingerprint density at radius 3 is 2.50 bits per heavy atom. The second-order valence-corrected chi connectivity index (χ2v) is 8.15. The molecule has 0 radical (unpaired) electrons. The summed E-state index contributed by atoms with van der Waals surface area (Å²) in [5.41, 5.74) is 2.07. The maximum absolute atomic E-state index is 12.4. The predicted molar refractivity (Wildman–Crippen MR) is 114 cm³/mol. The van der Waals surface area contributed by atoms with Crippen LogP contribution in [-0.2, 0) is 4.84 Å². The lowest BCUT2D eigenvalue weighted by Crippen LogP contribution is -2.25. The van der Waals surface area contributed by atoms with E-state index in [9.17, 15) is 4.79 Å². The molecule has 0 saturated carbocycles. The van der Waals surface area contributed by atoms with Gasteiger partial charge in [0.15, 0.2) is 4.88 Å². The Kier molecular flexibility index (Phi) is 6.36. The van der Waals surface area contributed by atoms with Crippen molar-refractivity contribution in [1.82, 2.24) is 24.4 Å². The van der Waals surface area contributed by atoms with Gasteiger partial charge in [0.2, 0.25) is 0 Å². The van der Waals surface area contributed by atoms with E-state index >= 15 is 0 Å². The van der Waals surface area contributed by atoms with Crippen molar-refractivity contribution < 1.29 is 14.4 Å². The summed E-state index contributed by atoms with van der Waals surface area (Å²) in [6.45, 7) is 7.60. The van der Waals surface area contributed by atoms with E-state index in [1.54, 1.807) is 25.0 Å². The van der Waals surface area contributed by atoms with E-state index in [4.69, 9.17) is 9.57 Å². The number of aryl methyl sites for hydroxylation is 1. The van der Waals surface area contributed by atoms with E-state index in [1.165, 1.54) is 6.33 Å². The monoisotopic (exact) mass is 426 g/mol. The van der Waals surface area contributed by atoms with Gasteiger partial charge in [0.25, 0.3) is 0 Å². The fraction of sp³-hybridized carbons (Fsp3) is 0.300. The van der Waals surface area contributed by atoms with Crippen molar-refractivity contribution in [3.8, 4) is 5.75 Å². The highest BCUT2D eigenvalue weighted by molar-refractivity contribution is 7.07. The molecule has 0 bridgehead atoms. The van der Waals surface area contributed by atoms with Crippen molar-refractivity contribution in [2.45, 2.75) is 27.7 Å². The maximum atomic E-state index is 12.4. The van der Waals surface area contributed by atoms with Gasteiger partial charge >= 0.3 is 5.97 Å². The van der Waals surface area contributed by atoms with Crippen LogP contribution in [0.5, 0.6) is 5.75 Å². The second kappa shape index (κ2) is 8.95. The lowest BCUT2D eigenvalue weighted by Gasteiger charge is -2.22. The van der Waals surface area contributed by atoms with Crippen LogP contribution >= 0.6 is 11.5 Å². The molecule has 0 saturated heterocycles. The van der Waals surface area contributed by atoms with Gasteiger partial charge in [0.1, 0.15) is 24.1 Å². The summed E-state index contributed by atoms with van der Waals surface area (Å²) in [7, 11) is 1.62. The molecule has 9 nitrogen and oxygen atoms in total. The number of carbonyl (C=O) groups is 1. The second-order valence-electron chi connectivity index (χ2n) is 7.40. The summed E-state index contributed by atoms with van der Waals surface area (Å²) in [6.07, 6.45) is 4.89. The first-order valence-corrected chi connectivity index (χ1v) is 9.87. The van der Waals surface area contributed by atoms with E-state index in [0.717, 1.165) is 22.8 Å². The first-order chi connectivity index (χ1) is 14.3. The van der Waals surface area contributed by atoms with Gasteiger partial charge in [0.05, 0.1) is 18.5 Å². The lowest BCUT2D eigenvalue weighted by molar-refractivity contribution is 0.0518. The maximum Gasteiger partial charge on any atom is 0.379 e. The first-order valence-electron chi connectivity index (χ1n) is 9.09. The Hall–Kier alpha value is -3.40. The minimum Gasteiger partial charge on any atom is -0.497 e. The number of benzene rings is 1. The molecule has 3 aromatic rings. The minimum atomic E-state index is -0.605. The third kappa shape index (κ3) is 4.95. The molecule has 2 aromatic heterocycles. The Morgan fingerprint density at radius 2 is 1.97 bits per heavy atom. The quantitative estimate of drug-likeness (QED) is 0.336. The number of hydrogen-bond acceptors (Lipinski definition) is 9. The van der Waals surface area contributed by atoms with Crippen LogP contribution in [0.1, 0.15) is 41.7 Å². The Bertz CT molecular complexity index is 1060. The van der Waals surface area contributed by atoms with Crippen molar-refractivity contribution in [3.05, 3.63) is 53.1 Å². The van der Waals surface area contributed by atoms with Crippen LogP contribution in [0, 0.1) is 12.3 Å². The van der Waals surface area contributed by atoms with Gasteiger partial charge in [-0.1, -0.05) is 42.5 Å². The fourth-order valence-electron chi connectivity index (χ4n) is 2.55.